The molecule has 84 valence electrons. The maximum atomic E-state index is 11.9. The van der Waals surface area contributed by atoms with Crippen molar-refractivity contribution in [2.45, 2.75) is 24.7 Å². The molecule has 0 bridgehead atoms. The largest absolute Gasteiger partial charge is 0.468 e. The van der Waals surface area contributed by atoms with Crippen molar-refractivity contribution in [2.75, 3.05) is 7.11 Å². The number of hydrogen-bond acceptors (Lipinski definition) is 3. The predicted molar refractivity (Wildman–Crippen MR) is 59.0 cm³/mol. The van der Waals surface area contributed by atoms with Gasteiger partial charge in [0.15, 0.2) is 0 Å². The summed E-state index contributed by atoms with van der Waals surface area (Å²) in [4.78, 5) is 23.4. The number of carbonyl (C=O) groups is 2. The second-order valence-electron chi connectivity index (χ2n) is 4.16. The van der Waals surface area contributed by atoms with Gasteiger partial charge in [-0.1, -0.05) is 30.3 Å². The summed E-state index contributed by atoms with van der Waals surface area (Å²) in [7, 11) is 1.37. The predicted octanol–water partition coefficient (Wildman–Crippen LogP) is 1.85. The van der Waals surface area contributed by atoms with Crippen LogP contribution >= 0.6 is 0 Å². The van der Waals surface area contributed by atoms with E-state index in [1.807, 2.05) is 30.3 Å². The first-order chi connectivity index (χ1) is 7.69. The van der Waals surface area contributed by atoms with Gasteiger partial charge in [-0.15, -0.1) is 0 Å². The Labute approximate surface area is 94.4 Å². The van der Waals surface area contributed by atoms with Crippen LogP contribution in [0.15, 0.2) is 30.3 Å². The second-order valence-corrected chi connectivity index (χ2v) is 4.16. The fourth-order valence-corrected chi connectivity index (χ4v) is 2.36. The molecule has 0 amide bonds. The minimum Gasteiger partial charge on any atom is -0.468 e. The molecule has 1 aliphatic carbocycles. The third-order valence-electron chi connectivity index (χ3n) is 3.23. The van der Waals surface area contributed by atoms with Crippen molar-refractivity contribution in [3.8, 4) is 0 Å². The van der Waals surface area contributed by atoms with Crippen LogP contribution in [-0.4, -0.2) is 18.9 Å². The Balaban J connectivity index is 2.44. The van der Waals surface area contributed by atoms with E-state index in [2.05, 4.69) is 0 Å². The highest BCUT2D eigenvalue weighted by Gasteiger charge is 2.47. The van der Waals surface area contributed by atoms with Gasteiger partial charge < -0.3 is 4.74 Å². The first kappa shape index (κ1) is 10.9. The molecule has 1 fully saturated rings. The minimum absolute atomic E-state index is 0.134. The van der Waals surface area contributed by atoms with E-state index >= 15 is 0 Å². The molecule has 3 heteroatoms. The van der Waals surface area contributed by atoms with Crippen LogP contribution in [0.5, 0.6) is 0 Å². The lowest BCUT2D eigenvalue weighted by molar-refractivity contribution is -0.148. The zero-order valence-electron chi connectivity index (χ0n) is 9.23. The zero-order chi connectivity index (χ0) is 11.6. The number of benzene rings is 1. The van der Waals surface area contributed by atoms with Crippen molar-refractivity contribution in [3.05, 3.63) is 35.9 Å². The van der Waals surface area contributed by atoms with Crippen molar-refractivity contribution in [2.24, 2.45) is 0 Å². The summed E-state index contributed by atoms with van der Waals surface area (Å²) >= 11 is 0. The summed E-state index contributed by atoms with van der Waals surface area (Å²) in [6.45, 7) is 0. The molecular formula is C13H14O3. The number of esters is 1. The number of ketones is 1. The molecule has 2 rings (SSSR count). The highest BCUT2D eigenvalue weighted by molar-refractivity contribution is 5.94. The Morgan fingerprint density at radius 2 is 2.00 bits per heavy atom. The summed E-state index contributed by atoms with van der Waals surface area (Å²) in [5, 5.41) is 0. The molecule has 1 aromatic carbocycles. The Kier molecular flexibility index (Phi) is 2.77. The van der Waals surface area contributed by atoms with Gasteiger partial charge in [-0.2, -0.15) is 0 Å². The van der Waals surface area contributed by atoms with E-state index in [-0.39, 0.29) is 18.2 Å². The number of carbonyl (C=O) groups excluding carboxylic acids is 2. The topological polar surface area (TPSA) is 43.4 Å². The maximum absolute atomic E-state index is 11.9. The summed E-state index contributed by atoms with van der Waals surface area (Å²) in [6.07, 6.45) is 1.29. The molecule has 0 aliphatic heterocycles. The Hall–Kier alpha value is -1.64. The van der Waals surface area contributed by atoms with Gasteiger partial charge in [-0.05, 0) is 12.0 Å². The molecule has 0 N–H and O–H groups in total. The smallest absolute Gasteiger partial charge is 0.316 e. The Bertz CT molecular complexity index is 410. The van der Waals surface area contributed by atoms with E-state index in [1.165, 1.54) is 7.11 Å². The van der Waals surface area contributed by atoms with Gasteiger partial charge >= 0.3 is 5.97 Å². The molecule has 1 aliphatic rings. The highest BCUT2D eigenvalue weighted by Crippen LogP contribution is 2.40. The molecule has 0 spiro atoms. The maximum Gasteiger partial charge on any atom is 0.316 e. The van der Waals surface area contributed by atoms with Crippen LogP contribution in [0.3, 0.4) is 0 Å². The summed E-state index contributed by atoms with van der Waals surface area (Å²) < 4.78 is 4.85. The lowest BCUT2D eigenvalue weighted by atomic mass is 9.79. The molecule has 0 aromatic heterocycles. The standard InChI is InChI=1S/C13H14O3/c1-16-12(15)13(8-7-11(14)9-13)10-5-3-2-4-6-10/h2-6H,7-9H2,1H3/t13-/m0/s1. The first-order valence-electron chi connectivity index (χ1n) is 5.35. The molecule has 16 heavy (non-hydrogen) atoms. The van der Waals surface area contributed by atoms with Gasteiger partial charge in [-0.3, -0.25) is 9.59 Å². The van der Waals surface area contributed by atoms with Crippen LogP contribution in [0.1, 0.15) is 24.8 Å². The number of Topliss-reactive ketones (excluding diaryl/α,β-unsaturated/α-hetero) is 1. The van der Waals surface area contributed by atoms with Crippen LogP contribution in [0.4, 0.5) is 0 Å². The van der Waals surface area contributed by atoms with E-state index in [1.54, 1.807) is 0 Å². The van der Waals surface area contributed by atoms with Gasteiger partial charge in [0.25, 0.3) is 0 Å². The van der Waals surface area contributed by atoms with E-state index in [0.29, 0.717) is 12.8 Å². The SMILES string of the molecule is COC(=O)[C@@]1(c2ccccc2)CCC(=O)C1. The van der Waals surface area contributed by atoms with Crippen molar-refractivity contribution < 1.29 is 14.3 Å². The summed E-state index contributed by atoms with van der Waals surface area (Å²) in [5.74, 6) is -0.168. The number of ether oxygens (including phenoxy) is 1. The molecule has 0 unspecified atom stereocenters. The summed E-state index contributed by atoms with van der Waals surface area (Å²) in [5.41, 5.74) is 0.139. The second kappa shape index (κ2) is 4.08. The van der Waals surface area contributed by atoms with E-state index in [4.69, 9.17) is 4.74 Å². The molecular weight excluding hydrogens is 204 g/mol. The fraction of sp³-hybridized carbons (Fsp3) is 0.385. The van der Waals surface area contributed by atoms with Crippen molar-refractivity contribution in [3.63, 3.8) is 0 Å². The number of rotatable bonds is 2. The van der Waals surface area contributed by atoms with Crippen LogP contribution in [0.2, 0.25) is 0 Å². The number of hydrogen-bond donors (Lipinski definition) is 0. The third-order valence-corrected chi connectivity index (χ3v) is 3.23. The average Bonchev–Trinajstić information content (AvgIpc) is 2.73. The van der Waals surface area contributed by atoms with Crippen molar-refractivity contribution >= 4 is 11.8 Å². The van der Waals surface area contributed by atoms with Crippen molar-refractivity contribution in [1.29, 1.82) is 0 Å². The summed E-state index contributed by atoms with van der Waals surface area (Å²) in [6, 6.07) is 9.42. The van der Waals surface area contributed by atoms with Crippen LogP contribution in [-0.2, 0) is 19.7 Å². The molecule has 1 atom stereocenters. The Morgan fingerprint density at radius 1 is 1.31 bits per heavy atom. The molecule has 0 radical (unpaired) electrons. The van der Waals surface area contributed by atoms with Gasteiger partial charge in [0.2, 0.25) is 0 Å². The van der Waals surface area contributed by atoms with Gasteiger partial charge in [0, 0.05) is 12.8 Å². The fourth-order valence-electron chi connectivity index (χ4n) is 2.36. The quantitative estimate of drug-likeness (QED) is 0.711. The number of methoxy groups -OCH3 is 1. The van der Waals surface area contributed by atoms with E-state index < -0.39 is 5.41 Å². The molecule has 0 saturated heterocycles. The molecule has 3 nitrogen and oxygen atoms in total. The lowest BCUT2D eigenvalue weighted by Gasteiger charge is -2.25. The normalized spacial score (nSPS) is 24.4. The molecule has 1 saturated carbocycles. The van der Waals surface area contributed by atoms with Crippen LogP contribution in [0, 0.1) is 0 Å². The monoisotopic (exact) mass is 218 g/mol. The van der Waals surface area contributed by atoms with Gasteiger partial charge in [-0.25, -0.2) is 0 Å². The van der Waals surface area contributed by atoms with Crippen molar-refractivity contribution in [1.82, 2.24) is 0 Å². The minimum atomic E-state index is -0.743. The molecule has 0 heterocycles. The Morgan fingerprint density at radius 3 is 2.50 bits per heavy atom. The molecule has 1 aromatic rings. The van der Waals surface area contributed by atoms with Gasteiger partial charge in [0.1, 0.15) is 11.2 Å². The third kappa shape index (κ3) is 1.62. The van der Waals surface area contributed by atoms with Gasteiger partial charge in [0.05, 0.1) is 7.11 Å². The highest BCUT2D eigenvalue weighted by atomic mass is 16.5. The van der Waals surface area contributed by atoms with E-state index in [0.717, 1.165) is 5.56 Å². The zero-order valence-corrected chi connectivity index (χ0v) is 9.23. The van der Waals surface area contributed by atoms with Crippen LogP contribution < -0.4 is 0 Å². The average molecular weight is 218 g/mol. The lowest BCUT2D eigenvalue weighted by Crippen LogP contribution is -2.34. The van der Waals surface area contributed by atoms with E-state index in [9.17, 15) is 9.59 Å². The van der Waals surface area contributed by atoms with Crippen LogP contribution in [0.25, 0.3) is 0 Å². The first-order valence-corrected chi connectivity index (χ1v) is 5.35.